The van der Waals surface area contributed by atoms with E-state index in [-0.39, 0.29) is 0 Å². The third-order valence-corrected chi connectivity index (χ3v) is 3.24. The number of nitrogens with two attached hydrogens (primary N) is 1. The van der Waals surface area contributed by atoms with Gasteiger partial charge in [-0.25, -0.2) is 9.98 Å². The van der Waals surface area contributed by atoms with Crippen molar-refractivity contribution >= 4 is 23.0 Å². The van der Waals surface area contributed by atoms with Gasteiger partial charge in [0.25, 0.3) is 0 Å². The molecule has 3 N–H and O–H groups in total. The number of benzene rings is 1. The van der Waals surface area contributed by atoms with Crippen LogP contribution in [0.15, 0.2) is 35.5 Å². The van der Waals surface area contributed by atoms with Crippen LogP contribution in [0.1, 0.15) is 15.4 Å². The van der Waals surface area contributed by atoms with E-state index in [0.717, 1.165) is 10.7 Å². The minimum absolute atomic E-state index is 0.411. The van der Waals surface area contributed by atoms with Crippen molar-refractivity contribution < 1.29 is 0 Å². The van der Waals surface area contributed by atoms with E-state index in [1.165, 1.54) is 10.4 Å². The Balaban J connectivity index is 1.97. The van der Waals surface area contributed by atoms with Gasteiger partial charge in [0.15, 0.2) is 5.96 Å². The van der Waals surface area contributed by atoms with Crippen LogP contribution in [-0.2, 0) is 6.54 Å². The summed E-state index contributed by atoms with van der Waals surface area (Å²) in [7, 11) is 0. The maximum atomic E-state index is 5.83. The molecule has 4 nitrogen and oxygen atoms in total. The summed E-state index contributed by atoms with van der Waals surface area (Å²) in [5.41, 5.74) is 7.96. The third-order valence-electron chi connectivity index (χ3n) is 2.34. The molecule has 1 heterocycles. The van der Waals surface area contributed by atoms with Crippen LogP contribution in [0, 0.1) is 13.8 Å². The summed E-state index contributed by atoms with van der Waals surface area (Å²) < 4.78 is 0. The number of nitrogens with zero attached hydrogens (tertiary/aromatic N) is 2. The summed E-state index contributed by atoms with van der Waals surface area (Å²) in [6.07, 6.45) is 1.85. The molecule has 0 atom stereocenters. The zero-order chi connectivity index (χ0) is 13.0. The number of anilines is 1. The van der Waals surface area contributed by atoms with Crippen LogP contribution in [-0.4, -0.2) is 10.9 Å². The van der Waals surface area contributed by atoms with Crippen molar-refractivity contribution in [3.63, 3.8) is 0 Å². The van der Waals surface area contributed by atoms with Crippen LogP contribution in [0.25, 0.3) is 0 Å². The smallest absolute Gasteiger partial charge is 0.193 e. The molecule has 0 bridgehead atoms. The third kappa shape index (κ3) is 3.56. The number of hydrogen-bond donors (Lipinski definition) is 2. The summed E-state index contributed by atoms with van der Waals surface area (Å²) in [6, 6.07) is 8.00. The number of aromatic nitrogens is 1. The van der Waals surface area contributed by atoms with Crippen molar-refractivity contribution in [2.75, 3.05) is 5.32 Å². The zero-order valence-electron chi connectivity index (χ0n) is 10.5. The molecule has 0 aliphatic carbocycles. The van der Waals surface area contributed by atoms with Crippen LogP contribution < -0.4 is 11.1 Å². The van der Waals surface area contributed by atoms with Gasteiger partial charge >= 0.3 is 0 Å². The average molecular weight is 260 g/mol. The predicted molar refractivity (Wildman–Crippen MR) is 77.0 cm³/mol. The quantitative estimate of drug-likeness (QED) is 0.659. The second kappa shape index (κ2) is 5.64. The Kier molecular flexibility index (Phi) is 3.94. The van der Waals surface area contributed by atoms with Crippen molar-refractivity contribution in [1.82, 2.24) is 4.98 Å². The van der Waals surface area contributed by atoms with Gasteiger partial charge in [-0.1, -0.05) is 12.1 Å². The first kappa shape index (κ1) is 12.6. The van der Waals surface area contributed by atoms with E-state index < -0.39 is 0 Å². The Bertz CT molecular complexity index is 560. The molecule has 0 saturated heterocycles. The molecule has 1 aromatic heterocycles. The number of guanidine groups is 1. The highest BCUT2D eigenvalue weighted by molar-refractivity contribution is 7.11. The fourth-order valence-corrected chi connectivity index (χ4v) is 2.25. The fraction of sp³-hybridized carbons (Fsp3) is 0.231. The molecule has 1 aromatic carbocycles. The highest BCUT2D eigenvalue weighted by Crippen LogP contribution is 2.12. The molecule has 0 fully saturated rings. The van der Waals surface area contributed by atoms with Crippen molar-refractivity contribution in [3.05, 3.63) is 45.9 Å². The fourth-order valence-electron chi connectivity index (χ4n) is 1.54. The minimum Gasteiger partial charge on any atom is -0.370 e. The first-order chi connectivity index (χ1) is 8.63. The number of rotatable bonds is 3. The summed E-state index contributed by atoms with van der Waals surface area (Å²) in [5.74, 6) is 0.411. The molecule has 0 aliphatic rings. The van der Waals surface area contributed by atoms with Gasteiger partial charge in [0, 0.05) is 16.8 Å². The second-order valence-corrected chi connectivity index (χ2v) is 5.38. The first-order valence-corrected chi connectivity index (χ1v) is 6.50. The zero-order valence-corrected chi connectivity index (χ0v) is 11.3. The maximum absolute atomic E-state index is 5.83. The van der Waals surface area contributed by atoms with Crippen LogP contribution >= 0.6 is 11.3 Å². The lowest BCUT2D eigenvalue weighted by Crippen LogP contribution is -2.22. The molecule has 0 unspecified atom stereocenters. The predicted octanol–water partition coefficient (Wildman–Crippen LogP) is 2.69. The average Bonchev–Trinajstić information content (AvgIpc) is 2.73. The highest BCUT2D eigenvalue weighted by Gasteiger charge is 1.99. The van der Waals surface area contributed by atoms with Crippen LogP contribution in [0.2, 0.25) is 0 Å². The summed E-state index contributed by atoms with van der Waals surface area (Å²) in [4.78, 5) is 9.69. The molecule has 0 amide bonds. The Labute approximate surface area is 111 Å². The van der Waals surface area contributed by atoms with E-state index in [9.17, 15) is 0 Å². The number of aliphatic imine (C=N–C) groups is 1. The van der Waals surface area contributed by atoms with Gasteiger partial charge in [0.2, 0.25) is 0 Å². The van der Waals surface area contributed by atoms with Gasteiger partial charge in [0.1, 0.15) is 5.01 Å². The first-order valence-electron chi connectivity index (χ1n) is 5.68. The van der Waals surface area contributed by atoms with Crippen LogP contribution in [0.4, 0.5) is 5.69 Å². The van der Waals surface area contributed by atoms with E-state index in [2.05, 4.69) is 15.3 Å². The van der Waals surface area contributed by atoms with Crippen molar-refractivity contribution in [1.29, 1.82) is 0 Å². The van der Waals surface area contributed by atoms with Crippen molar-refractivity contribution in [2.24, 2.45) is 10.7 Å². The van der Waals surface area contributed by atoms with Crippen molar-refractivity contribution in [2.45, 2.75) is 20.4 Å². The molecule has 5 heteroatoms. The number of hydrogen-bond acceptors (Lipinski definition) is 3. The minimum atomic E-state index is 0.411. The number of nitrogens with one attached hydrogen (secondary N) is 1. The Hall–Kier alpha value is -1.88. The van der Waals surface area contributed by atoms with Gasteiger partial charge in [-0.15, -0.1) is 11.3 Å². The van der Waals surface area contributed by atoms with Gasteiger partial charge in [-0.2, -0.15) is 0 Å². The standard InChI is InChI=1S/C13H16N4S/c1-9-4-3-5-11(6-9)17-13(14)16-8-12-15-7-10(2)18-12/h3-7H,8H2,1-2H3,(H3,14,16,17). The molecule has 2 rings (SSSR count). The molecular formula is C13H16N4S. The van der Waals surface area contributed by atoms with E-state index in [0.29, 0.717) is 12.5 Å². The largest absolute Gasteiger partial charge is 0.370 e. The lowest BCUT2D eigenvalue weighted by molar-refractivity contribution is 1.03. The van der Waals surface area contributed by atoms with Gasteiger partial charge < -0.3 is 11.1 Å². The van der Waals surface area contributed by atoms with E-state index >= 15 is 0 Å². The van der Waals surface area contributed by atoms with Crippen molar-refractivity contribution in [3.8, 4) is 0 Å². The normalized spacial score (nSPS) is 11.6. The Morgan fingerprint density at radius 3 is 2.94 bits per heavy atom. The maximum Gasteiger partial charge on any atom is 0.193 e. The summed E-state index contributed by atoms with van der Waals surface area (Å²) in [5, 5.41) is 4.04. The molecule has 0 aliphatic heterocycles. The van der Waals surface area contributed by atoms with Gasteiger partial charge in [-0.05, 0) is 31.5 Å². The van der Waals surface area contributed by atoms with E-state index in [1.807, 2.05) is 44.3 Å². The van der Waals surface area contributed by atoms with E-state index in [4.69, 9.17) is 5.73 Å². The van der Waals surface area contributed by atoms with Gasteiger partial charge in [0.05, 0.1) is 6.54 Å². The summed E-state index contributed by atoms with van der Waals surface area (Å²) >= 11 is 1.64. The molecular weight excluding hydrogens is 244 g/mol. The lowest BCUT2D eigenvalue weighted by atomic mass is 10.2. The molecule has 0 saturated carbocycles. The van der Waals surface area contributed by atoms with Crippen LogP contribution in [0.5, 0.6) is 0 Å². The number of thiazole rings is 1. The highest BCUT2D eigenvalue weighted by atomic mass is 32.1. The second-order valence-electron chi connectivity index (χ2n) is 4.06. The number of aryl methyl sites for hydroxylation is 2. The Morgan fingerprint density at radius 2 is 2.28 bits per heavy atom. The van der Waals surface area contributed by atoms with Crippen LogP contribution in [0.3, 0.4) is 0 Å². The topological polar surface area (TPSA) is 63.3 Å². The SMILES string of the molecule is Cc1cccc(NC(N)=NCc2ncc(C)s2)c1. The lowest BCUT2D eigenvalue weighted by Gasteiger charge is -2.05. The molecule has 0 spiro atoms. The molecule has 18 heavy (non-hydrogen) atoms. The summed E-state index contributed by atoms with van der Waals surface area (Å²) in [6.45, 7) is 4.58. The monoisotopic (exact) mass is 260 g/mol. The molecule has 0 radical (unpaired) electrons. The van der Waals surface area contributed by atoms with Gasteiger partial charge in [-0.3, -0.25) is 0 Å². The molecule has 94 valence electrons. The Morgan fingerprint density at radius 1 is 1.44 bits per heavy atom. The molecule has 2 aromatic rings. The van der Waals surface area contributed by atoms with E-state index in [1.54, 1.807) is 11.3 Å².